The number of nitrogens with one attached hydrogen (secondary N) is 1. The van der Waals surface area contributed by atoms with Crippen LogP contribution in [-0.4, -0.2) is 40.0 Å². The van der Waals surface area contributed by atoms with Crippen molar-refractivity contribution in [2.45, 2.75) is 33.2 Å². The summed E-state index contributed by atoms with van der Waals surface area (Å²) in [5.74, 6) is 0.645. The number of rotatable bonds is 7. The molecule has 1 aliphatic heterocycles. The third-order valence-corrected chi connectivity index (χ3v) is 5.65. The van der Waals surface area contributed by atoms with Gasteiger partial charge in [0.2, 0.25) is 5.96 Å². The van der Waals surface area contributed by atoms with E-state index in [0.29, 0.717) is 24.0 Å². The van der Waals surface area contributed by atoms with Gasteiger partial charge in [0.05, 0.1) is 30.9 Å². The van der Waals surface area contributed by atoms with Crippen LogP contribution in [0.2, 0.25) is 0 Å². The molecule has 0 aliphatic carbocycles. The Labute approximate surface area is 198 Å². The van der Waals surface area contributed by atoms with Crippen molar-refractivity contribution in [1.29, 1.82) is 0 Å². The van der Waals surface area contributed by atoms with Crippen molar-refractivity contribution >= 4 is 17.9 Å². The maximum absolute atomic E-state index is 13.4. The van der Waals surface area contributed by atoms with Crippen LogP contribution in [0.1, 0.15) is 43.1 Å². The second-order valence-electron chi connectivity index (χ2n) is 8.14. The van der Waals surface area contributed by atoms with Gasteiger partial charge in [0.15, 0.2) is 0 Å². The minimum atomic E-state index is -0.316. The molecule has 7 nitrogen and oxygen atoms in total. The summed E-state index contributed by atoms with van der Waals surface area (Å²) in [7, 11) is 1.61. The number of hydrogen-bond acceptors (Lipinski definition) is 4. The summed E-state index contributed by atoms with van der Waals surface area (Å²) in [4.78, 5) is 23.9. The van der Waals surface area contributed by atoms with Crippen molar-refractivity contribution in [2.75, 3.05) is 13.7 Å². The molecular weight excluding hydrogens is 433 g/mol. The highest BCUT2D eigenvalue weighted by Crippen LogP contribution is 2.29. The Kier molecular flexibility index (Phi) is 6.77. The fourth-order valence-electron chi connectivity index (χ4n) is 3.86. The Morgan fingerprint density at radius 2 is 2.00 bits per heavy atom. The number of amides is 1. The van der Waals surface area contributed by atoms with Crippen LogP contribution < -0.4 is 10.1 Å². The monoisotopic (exact) mass is 461 g/mol. The second kappa shape index (κ2) is 9.91. The van der Waals surface area contributed by atoms with Crippen LogP contribution >= 0.6 is 0 Å². The molecule has 0 radical (unpaired) electrons. The van der Waals surface area contributed by atoms with Crippen LogP contribution in [0.25, 0.3) is 11.8 Å². The molecule has 1 saturated heterocycles. The number of aryl methyl sites for hydroxylation is 1. The number of nitrogens with zero attached hydrogens (tertiary/aromatic N) is 4. The quantitative estimate of drug-likeness (QED) is 0.521. The van der Waals surface area contributed by atoms with E-state index in [2.05, 4.69) is 15.3 Å². The SMILES string of the molecule is CCCN=C1NC(=Cc2ccc(-n3cnc(C)c3)c(OC)c2)C(=O)N1[C@@H](C)c1ccc(F)cc1. The van der Waals surface area contributed by atoms with E-state index in [-0.39, 0.29) is 17.8 Å². The van der Waals surface area contributed by atoms with Gasteiger partial charge in [0, 0.05) is 12.7 Å². The highest BCUT2D eigenvalue weighted by atomic mass is 19.1. The van der Waals surface area contributed by atoms with Crippen LogP contribution in [0.5, 0.6) is 5.75 Å². The van der Waals surface area contributed by atoms with Crippen molar-refractivity contribution in [3.63, 3.8) is 0 Å². The predicted molar refractivity (Wildman–Crippen MR) is 130 cm³/mol. The number of hydrogen-bond donors (Lipinski definition) is 1. The average Bonchev–Trinajstić information content (AvgIpc) is 3.40. The number of benzene rings is 2. The Hall–Kier alpha value is -3.94. The first kappa shape index (κ1) is 23.2. The number of halogens is 1. The topological polar surface area (TPSA) is 71.7 Å². The van der Waals surface area contributed by atoms with Gasteiger partial charge in [0.1, 0.15) is 17.3 Å². The predicted octanol–water partition coefficient (Wildman–Crippen LogP) is 4.63. The second-order valence-corrected chi connectivity index (χ2v) is 8.14. The molecule has 3 aromatic rings. The van der Waals surface area contributed by atoms with Gasteiger partial charge in [-0.25, -0.2) is 9.37 Å². The summed E-state index contributed by atoms with van der Waals surface area (Å²) in [5, 5.41) is 3.18. The summed E-state index contributed by atoms with van der Waals surface area (Å²) < 4.78 is 20.9. The first-order chi connectivity index (χ1) is 16.4. The molecule has 1 aliphatic rings. The summed E-state index contributed by atoms with van der Waals surface area (Å²) in [6, 6.07) is 11.6. The Balaban J connectivity index is 1.66. The molecule has 1 fully saturated rings. The van der Waals surface area contributed by atoms with E-state index in [1.807, 2.05) is 49.7 Å². The molecule has 1 atom stereocenters. The molecule has 2 heterocycles. The summed E-state index contributed by atoms with van der Waals surface area (Å²) in [5.41, 5.74) is 3.80. The van der Waals surface area contributed by atoms with E-state index in [0.717, 1.165) is 28.9 Å². The molecular formula is C26H28FN5O2. The lowest BCUT2D eigenvalue weighted by Crippen LogP contribution is -2.35. The number of ether oxygens (including phenoxy) is 1. The van der Waals surface area contributed by atoms with E-state index in [1.165, 1.54) is 12.1 Å². The lowest BCUT2D eigenvalue weighted by molar-refractivity contribution is -0.123. The van der Waals surface area contributed by atoms with Crippen LogP contribution in [0.3, 0.4) is 0 Å². The smallest absolute Gasteiger partial charge is 0.277 e. The Bertz CT molecular complexity index is 1250. The zero-order valence-electron chi connectivity index (χ0n) is 19.7. The van der Waals surface area contributed by atoms with Crippen LogP contribution in [0.4, 0.5) is 4.39 Å². The van der Waals surface area contributed by atoms with Crippen molar-refractivity contribution in [1.82, 2.24) is 19.8 Å². The number of carbonyl (C=O) groups is 1. The van der Waals surface area contributed by atoms with Crippen LogP contribution in [-0.2, 0) is 4.79 Å². The molecule has 4 rings (SSSR count). The van der Waals surface area contributed by atoms with E-state index in [4.69, 9.17) is 4.74 Å². The van der Waals surface area contributed by atoms with Gasteiger partial charge in [0.25, 0.3) is 5.91 Å². The molecule has 0 spiro atoms. The van der Waals surface area contributed by atoms with E-state index >= 15 is 0 Å². The van der Waals surface area contributed by atoms with Gasteiger partial charge in [-0.15, -0.1) is 0 Å². The summed E-state index contributed by atoms with van der Waals surface area (Å²) >= 11 is 0. The minimum Gasteiger partial charge on any atom is -0.495 e. The maximum atomic E-state index is 13.4. The molecule has 176 valence electrons. The molecule has 8 heteroatoms. The molecule has 2 aromatic carbocycles. The number of aliphatic imine (C=N–C) groups is 1. The van der Waals surface area contributed by atoms with Gasteiger partial charge in [-0.05, 0) is 61.7 Å². The van der Waals surface area contributed by atoms with Crippen molar-refractivity contribution in [3.8, 4) is 11.4 Å². The fourth-order valence-corrected chi connectivity index (χ4v) is 3.86. The standard InChI is InChI=1S/C26H28FN5O2/c1-5-12-28-26-30-22(25(33)32(26)18(3)20-7-9-21(27)10-8-20)13-19-6-11-23(24(14-19)34-4)31-15-17(2)29-16-31/h6-11,13-16,18H,5,12H2,1-4H3,(H,28,30)/t18-/m0/s1. The van der Waals surface area contributed by atoms with Crippen molar-refractivity contribution in [2.24, 2.45) is 4.99 Å². The lowest BCUT2D eigenvalue weighted by atomic mass is 10.1. The van der Waals surface area contributed by atoms with E-state index in [1.54, 1.807) is 36.5 Å². The van der Waals surface area contributed by atoms with Gasteiger partial charge >= 0.3 is 0 Å². The van der Waals surface area contributed by atoms with Gasteiger partial charge in [-0.3, -0.25) is 14.7 Å². The minimum absolute atomic E-state index is 0.194. The number of guanidine groups is 1. The summed E-state index contributed by atoms with van der Waals surface area (Å²) in [6.07, 6.45) is 6.29. The molecule has 34 heavy (non-hydrogen) atoms. The van der Waals surface area contributed by atoms with Gasteiger partial charge in [-0.2, -0.15) is 0 Å². The molecule has 1 amide bonds. The molecule has 0 saturated carbocycles. The molecule has 0 bridgehead atoms. The van der Waals surface area contributed by atoms with Crippen molar-refractivity contribution in [3.05, 3.63) is 83.3 Å². The molecule has 0 unspecified atom stereocenters. The highest BCUT2D eigenvalue weighted by Gasteiger charge is 2.36. The highest BCUT2D eigenvalue weighted by molar-refractivity contribution is 6.15. The lowest BCUT2D eigenvalue weighted by Gasteiger charge is -2.23. The van der Waals surface area contributed by atoms with E-state index in [9.17, 15) is 9.18 Å². The molecule has 1 N–H and O–H groups in total. The first-order valence-corrected chi connectivity index (χ1v) is 11.2. The van der Waals surface area contributed by atoms with Crippen LogP contribution in [0.15, 0.2) is 65.7 Å². The normalized spacial score (nSPS) is 16.9. The largest absolute Gasteiger partial charge is 0.495 e. The number of aromatic nitrogens is 2. The number of carbonyl (C=O) groups excluding carboxylic acids is 1. The van der Waals surface area contributed by atoms with E-state index < -0.39 is 0 Å². The summed E-state index contributed by atoms with van der Waals surface area (Å²) in [6.45, 7) is 6.45. The Morgan fingerprint density at radius 1 is 1.24 bits per heavy atom. The third kappa shape index (κ3) is 4.71. The maximum Gasteiger partial charge on any atom is 0.277 e. The zero-order valence-corrected chi connectivity index (χ0v) is 19.7. The Morgan fingerprint density at radius 3 is 2.65 bits per heavy atom. The van der Waals surface area contributed by atoms with Gasteiger partial charge < -0.3 is 14.6 Å². The first-order valence-electron chi connectivity index (χ1n) is 11.2. The zero-order chi connectivity index (χ0) is 24.2. The number of imidazole rings is 1. The fraction of sp³-hybridized carbons (Fsp3) is 0.269. The van der Waals surface area contributed by atoms with Crippen LogP contribution in [0, 0.1) is 12.7 Å². The number of methoxy groups -OCH3 is 1. The van der Waals surface area contributed by atoms with Gasteiger partial charge in [-0.1, -0.05) is 25.1 Å². The molecule has 1 aromatic heterocycles. The van der Waals surface area contributed by atoms with Crippen molar-refractivity contribution < 1.29 is 13.9 Å². The third-order valence-electron chi connectivity index (χ3n) is 5.65. The average molecular weight is 462 g/mol.